The Morgan fingerprint density at radius 3 is 2.29 bits per heavy atom. The molecule has 1 aliphatic rings. The fourth-order valence-electron chi connectivity index (χ4n) is 2.63. The molecule has 2 atom stereocenters. The van der Waals surface area contributed by atoms with Gasteiger partial charge in [0, 0.05) is 24.9 Å². The summed E-state index contributed by atoms with van der Waals surface area (Å²) in [4.78, 5) is 0. The van der Waals surface area contributed by atoms with Crippen LogP contribution in [0.5, 0.6) is 0 Å². The van der Waals surface area contributed by atoms with E-state index in [2.05, 4.69) is 5.32 Å². The fourth-order valence-corrected chi connectivity index (χ4v) is 2.63. The van der Waals surface area contributed by atoms with E-state index in [1.54, 1.807) is 0 Å². The molecule has 2 rings (SSSR count). The van der Waals surface area contributed by atoms with Gasteiger partial charge in [0.15, 0.2) is 11.6 Å². The second-order valence-electron chi connectivity index (χ2n) is 4.91. The molecule has 1 aromatic carbocycles. The maximum atomic E-state index is 13.3. The summed E-state index contributed by atoms with van der Waals surface area (Å²) in [5.74, 6) is -1.88. The first-order valence-corrected chi connectivity index (χ1v) is 5.85. The number of rotatable bonds is 1. The van der Waals surface area contributed by atoms with Gasteiger partial charge in [0.1, 0.15) is 0 Å². The van der Waals surface area contributed by atoms with E-state index < -0.39 is 17.2 Å². The Labute approximate surface area is 99.7 Å². The van der Waals surface area contributed by atoms with Crippen molar-refractivity contribution < 1.29 is 13.9 Å². The molecule has 2 N–H and O–H groups in total. The molecule has 0 saturated carbocycles. The summed E-state index contributed by atoms with van der Waals surface area (Å²) in [5.41, 5.74) is -0.641. The minimum absolute atomic E-state index is 0.0453. The standard InChI is InChI=1S/C13H17F2NO/c1-8-6-16-7-9(2)13(8,17)10-3-4-11(14)12(15)5-10/h3-5,8-9,16-17H,6-7H2,1-2H3. The van der Waals surface area contributed by atoms with Gasteiger partial charge in [-0.15, -0.1) is 0 Å². The van der Waals surface area contributed by atoms with Gasteiger partial charge in [0.2, 0.25) is 0 Å². The molecule has 0 amide bonds. The zero-order chi connectivity index (χ0) is 12.6. The third kappa shape index (κ3) is 1.96. The van der Waals surface area contributed by atoms with Crippen LogP contribution < -0.4 is 5.32 Å². The number of hydrogen-bond acceptors (Lipinski definition) is 2. The molecule has 17 heavy (non-hydrogen) atoms. The fraction of sp³-hybridized carbons (Fsp3) is 0.538. The molecule has 94 valence electrons. The van der Waals surface area contributed by atoms with Crippen LogP contribution in [-0.2, 0) is 5.60 Å². The lowest BCUT2D eigenvalue weighted by Crippen LogP contribution is -2.52. The molecule has 0 aromatic heterocycles. The monoisotopic (exact) mass is 241 g/mol. The molecule has 0 bridgehead atoms. The molecule has 1 heterocycles. The topological polar surface area (TPSA) is 32.3 Å². The third-order valence-corrected chi connectivity index (χ3v) is 3.79. The SMILES string of the molecule is CC1CNCC(C)C1(O)c1ccc(F)c(F)c1. The summed E-state index contributed by atoms with van der Waals surface area (Å²) >= 11 is 0. The van der Waals surface area contributed by atoms with Gasteiger partial charge in [0.05, 0.1) is 5.60 Å². The van der Waals surface area contributed by atoms with Crippen molar-refractivity contribution in [2.24, 2.45) is 11.8 Å². The quantitative estimate of drug-likeness (QED) is 0.788. The predicted octanol–water partition coefficient (Wildman–Crippen LogP) is 2.03. The van der Waals surface area contributed by atoms with Gasteiger partial charge in [-0.3, -0.25) is 0 Å². The van der Waals surface area contributed by atoms with Gasteiger partial charge >= 0.3 is 0 Å². The highest BCUT2D eigenvalue weighted by Gasteiger charge is 2.43. The smallest absolute Gasteiger partial charge is 0.159 e. The first kappa shape index (κ1) is 12.5. The Morgan fingerprint density at radius 1 is 1.18 bits per heavy atom. The van der Waals surface area contributed by atoms with E-state index >= 15 is 0 Å². The van der Waals surface area contributed by atoms with Crippen LogP contribution in [0.1, 0.15) is 19.4 Å². The molecule has 1 aliphatic heterocycles. The van der Waals surface area contributed by atoms with Gasteiger partial charge in [-0.25, -0.2) is 8.78 Å². The minimum atomic E-state index is -1.10. The Balaban J connectivity index is 2.44. The Morgan fingerprint density at radius 2 is 1.76 bits per heavy atom. The van der Waals surface area contributed by atoms with Gasteiger partial charge in [-0.1, -0.05) is 19.9 Å². The summed E-state index contributed by atoms with van der Waals surface area (Å²) in [6.07, 6.45) is 0. The van der Waals surface area contributed by atoms with Gasteiger partial charge in [-0.05, 0) is 17.7 Å². The summed E-state index contributed by atoms with van der Waals surface area (Å²) in [6, 6.07) is 3.65. The van der Waals surface area contributed by atoms with Crippen molar-refractivity contribution >= 4 is 0 Å². The highest BCUT2D eigenvalue weighted by molar-refractivity contribution is 5.26. The lowest BCUT2D eigenvalue weighted by Gasteiger charge is -2.44. The van der Waals surface area contributed by atoms with E-state index in [1.807, 2.05) is 13.8 Å². The number of nitrogens with one attached hydrogen (secondary N) is 1. The summed E-state index contributed by atoms with van der Waals surface area (Å²) in [5, 5.41) is 14.0. The molecule has 2 unspecified atom stereocenters. The number of piperidine rings is 1. The molecule has 1 aromatic rings. The molecule has 1 fully saturated rings. The molecular formula is C13H17F2NO. The Kier molecular flexibility index (Phi) is 3.19. The van der Waals surface area contributed by atoms with Crippen molar-refractivity contribution in [1.82, 2.24) is 5.32 Å². The van der Waals surface area contributed by atoms with Crippen LogP contribution in [0.3, 0.4) is 0 Å². The molecule has 1 saturated heterocycles. The van der Waals surface area contributed by atoms with Crippen molar-refractivity contribution in [2.45, 2.75) is 19.4 Å². The zero-order valence-corrected chi connectivity index (χ0v) is 10.0. The van der Waals surface area contributed by atoms with Crippen LogP contribution in [0.25, 0.3) is 0 Å². The predicted molar refractivity (Wildman–Crippen MR) is 61.5 cm³/mol. The molecule has 2 nitrogen and oxygen atoms in total. The van der Waals surface area contributed by atoms with Gasteiger partial charge in [0.25, 0.3) is 0 Å². The maximum absolute atomic E-state index is 13.3. The molecule has 0 spiro atoms. The summed E-state index contributed by atoms with van der Waals surface area (Å²) in [6.45, 7) is 5.15. The average Bonchev–Trinajstić information content (AvgIpc) is 2.29. The highest BCUT2D eigenvalue weighted by atomic mass is 19.2. The third-order valence-electron chi connectivity index (χ3n) is 3.79. The van der Waals surface area contributed by atoms with Gasteiger partial charge in [-0.2, -0.15) is 0 Å². The van der Waals surface area contributed by atoms with Crippen LogP contribution >= 0.6 is 0 Å². The second kappa shape index (κ2) is 4.35. The summed E-state index contributed by atoms with van der Waals surface area (Å²) in [7, 11) is 0. The second-order valence-corrected chi connectivity index (χ2v) is 4.91. The Bertz CT molecular complexity index is 412. The van der Waals surface area contributed by atoms with Crippen LogP contribution in [0, 0.1) is 23.5 Å². The van der Waals surface area contributed by atoms with Crippen LogP contribution in [0.15, 0.2) is 18.2 Å². The lowest BCUT2D eigenvalue weighted by atomic mass is 9.71. The van der Waals surface area contributed by atoms with E-state index in [9.17, 15) is 13.9 Å². The number of hydrogen-bond donors (Lipinski definition) is 2. The van der Waals surface area contributed by atoms with E-state index in [-0.39, 0.29) is 11.8 Å². The normalized spacial score (nSPS) is 33.7. The first-order chi connectivity index (χ1) is 7.96. The first-order valence-electron chi connectivity index (χ1n) is 5.85. The van der Waals surface area contributed by atoms with E-state index in [1.165, 1.54) is 6.07 Å². The molecule has 4 heteroatoms. The van der Waals surface area contributed by atoms with Gasteiger partial charge < -0.3 is 10.4 Å². The van der Waals surface area contributed by atoms with Crippen LogP contribution in [-0.4, -0.2) is 18.2 Å². The van der Waals surface area contributed by atoms with Crippen molar-refractivity contribution in [3.05, 3.63) is 35.4 Å². The largest absolute Gasteiger partial charge is 0.385 e. The van der Waals surface area contributed by atoms with Crippen molar-refractivity contribution in [3.63, 3.8) is 0 Å². The van der Waals surface area contributed by atoms with Crippen LogP contribution in [0.4, 0.5) is 8.78 Å². The van der Waals surface area contributed by atoms with E-state index in [4.69, 9.17) is 0 Å². The van der Waals surface area contributed by atoms with Crippen molar-refractivity contribution in [3.8, 4) is 0 Å². The number of benzene rings is 1. The van der Waals surface area contributed by atoms with Crippen molar-refractivity contribution in [2.75, 3.05) is 13.1 Å². The number of aliphatic hydroxyl groups is 1. The number of halogens is 2. The molecule has 0 radical (unpaired) electrons. The molecular weight excluding hydrogens is 224 g/mol. The highest BCUT2D eigenvalue weighted by Crippen LogP contribution is 2.39. The summed E-state index contributed by atoms with van der Waals surface area (Å²) < 4.78 is 26.2. The van der Waals surface area contributed by atoms with Crippen molar-refractivity contribution in [1.29, 1.82) is 0 Å². The average molecular weight is 241 g/mol. The minimum Gasteiger partial charge on any atom is -0.385 e. The Hall–Kier alpha value is -1.00. The van der Waals surface area contributed by atoms with Crippen LogP contribution in [0.2, 0.25) is 0 Å². The maximum Gasteiger partial charge on any atom is 0.159 e. The molecule has 0 aliphatic carbocycles. The van der Waals surface area contributed by atoms with E-state index in [0.29, 0.717) is 18.7 Å². The van der Waals surface area contributed by atoms with E-state index in [0.717, 1.165) is 12.1 Å². The zero-order valence-electron chi connectivity index (χ0n) is 10.0. The lowest BCUT2D eigenvalue weighted by molar-refractivity contribution is -0.0809.